The van der Waals surface area contributed by atoms with E-state index in [1.165, 1.54) is 0 Å². The van der Waals surface area contributed by atoms with Crippen LogP contribution >= 0.6 is 11.3 Å². The first kappa shape index (κ1) is 16.2. The minimum atomic E-state index is -3.70. The lowest BCUT2D eigenvalue weighted by molar-refractivity contribution is -0.383. The van der Waals surface area contributed by atoms with Gasteiger partial charge in [0.1, 0.15) is 4.21 Å². The molecular formula is C12H19N3O4S2. The van der Waals surface area contributed by atoms with Gasteiger partial charge in [0.15, 0.2) is 5.00 Å². The highest BCUT2D eigenvalue weighted by Crippen LogP contribution is 2.38. The largest absolute Gasteiger partial charge is 0.371 e. The molecule has 21 heavy (non-hydrogen) atoms. The Balaban J connectivity index is 2.23. The van der Waals surface area contributed by atoms with E-state index in [-0.39, 0.29) is 15.9 Å². The average molecular weight is 333 g/mol. The Morgan fingerprint density at radius 3 is 2.71 bits per heavy atom. The van der Waals surface area contributed by atoms with Crippen LogP contribution in [0.3, 0.4) is 0 Å². The third kappa shape index (κ3) is 3.92. The molecule has 1 atom stereocenters. The van der Waals surface area contributed by atoms with E-state index >= 15 is 0 Å². The molecule has 0 amide bonds. The molecule has 0 aliphatic heterocycles. The van der Waals surface area contributed by atoms with Crippen molar-refractivity contribution in [3.63, 3.8) is 0 Å². The topological polar surface area (TPSA) is 101 Å². The lowest BCUT2D eigenvalue weighted by Gasteiger charge is -2.11. The molecule has 1 unspecified atom stereocenters. The smallest absolute Gasteiger partial charge is 0.304 e. The van der Waals surface area contributed by atoms with E-state index in [0.717, 1.165) is 36.7 Å². The fourth-order valence-electron chi connectivity index (χ4n) is 1.99. The predicted octanol–water partition coefficient (Wildman–Crippen LogP) is 2.56. The summed E-state index contributed by atoms with van der Waals surface area (Å²) in [4.78, 5) is 10.5. The minimum Gasteiger partial charge on any atom is -0.371 e. The number of thiophene rings is 1. The molecule has 1 heterocycles. The van der Waals surface area contributed by atoms with Crippen LogP contribution in [0.2, 0.25) is 0 Å². The molecule has 9 heteroatoms. The fourth-order valence-corrected chi connectivity index (χ4v) is 4.67. The van der Waals surface area contributed by atoms with Crippen molar-refractivity contribution in [1.82, 2.24) is 4.72 Å². The number of nitro groups is 1. The van der Waals surface area contributed by atoms with Crippen LogP contribution in [0.15, 0.2) is 10.3 Å². The first-order valence-corrected chi connectivity index (χ1v) is 9.19. The van der Waals surface area contributed by atoms with Gasteiger partial charge >= 0.3 is 5.69 Å². The third-order valence-corrected chi connectivity index (χ3v) is 6.47. The summed E-state index contributed by atoms with van der Waals surface area (Å²) in [5, 5.41) is 14.2. The van der Waals surface area contributed by atoms with Crippen LogP contribution in [0, 0.1) is 16.0 Å². The lowest BCUT2D eigenvalue weighted by atomic mass is 10.2. The standard InChI is InChI=1S/C12H19N3O4S2/c1-3-6-13-12-10(15(16)17)7-11(20-12)21(18,19)14-8(2)9-4-5-9/h7-9,13-14H,3-6H2,1-2H3. The maximum Gasteiger partial charge on any atom is 0.304 e. The van der Waals surface area contributed by atoms with Gasteiger partial charge in [-0.1, -0.05) is 18.3 Å². The highest BCUT2D eigenvalue weighted by molar-refractivity contribution is 7.91. The van der Waals surface area contributed by atoms with Crippen molar-refractivity contribution >= 4 is 32.0 Å². The van der Waals surface area contributed by atoms with Crippen LogP contribution in [0.25, 0.3) is 0 Å². The zero-order chi connectivity index (χ0) is 15.6. The third-order valence-electron chi connectivity index (χ3n) is 3.36. The van der Waals surface area contributed by atoms with Gasteiger partial charge in [0.2, 0.25) is 0 Å². The molecule has 0 spiro atoms. The summed E-state index contributed by atoms with van der Waals surface area (Å²) in [6.45, 7) is 4.32. The number of anilines is 1. The van der Waals surface area contributed by atoms with Crippen LogP contribution in [0.1, 0.15) is 33.1 Å². The quantitative estimate of drug-likeness (QED) is 0.562. The molecule has 2 N–H and O–H groups in total. The summed E-state index contributed by atoms with van der Waals surface area (Å²) in [6.07, 6.45) is 2.85. The molecule has 1 aromatic rings. The first-order valence-electron chi connectivity index (χ1n) is 6.89. The molecule has 0 saturated heterocycles. The zero-order valence-electron chi connectivity index (χ0n) is 12.0. The van der Waals surface area contributed by atoms with Crippen LogP contribution in [0.5, 0.6) is 0 Å². The highest BCUT2D eigenvalue weighted by atomic mass is 32.2. The number of sulfonamides is 1. The van der Waals surface area contributed by atoms with Crippen LogP contribution in [-0.2, 0) is 10.0 Å². The van der Waals surface area contributed by atoms with Gasteiger partial charge in [-0.05, 0) is 32.1 Å². The van der Waals surface area contributed by atoms with Gasteiger partial charge in [0.25, 0.3) is 10.0 Å². The second-order valence-electron chi connectivity index (χ2n) is 5.21. The summed E-state index contributed by atoms with van der Waals surface area (Å²) in [6, 6.07) is 0.994. The Morgan fingerprint density at radius 1 is 1.52 bits per heavy atom. The molecule has 1 fully saturated rings. The van der Waals surface area contributed by atoms with Gasteiger partial charge in [-0.3, -0.25) is 10.1 Å². The van der Waals surface area contributed by atoms with Gasteiger partial charge in [-0.15, -0.1) is 0 Å². The first-order chi connectivity index (χ1) is 9.85. The highest BCUT2D eigenvalue weighted by Gasteiger charge is 2.33. The van der Waals surface area contributed by atoms with Gasteiger partial charge in [-0.25, -0.2) is 13.1 Å². The SMILES string of the molecule is CCCNc1sc(S(=O)(=O)NC(C)C2CC2)cc1[N+](=O)[O-]. The number of rotatable bonds is 8. The molecule has 7 nitrogen and oxygen atoms in total. The Kier molecular flexibility index (Phi) is 4.84. The Labute approximate surface area is 127 Å². The van der Waals surface area contributed by atoms with E-state index in [0.29, 0.717) is 17.5 Å². The zero-order valence-corrected chi connectivity index (χ0v) is 13.6. The number of nitrogens with one attached hydrogen (secondary N) is 2. The molecule has 1 aliphatic rings. The van der Waals surface area contributed by atoms with Crippen LogP contribution in [0.4, 0.5) is 10.7 Å². The van der Waals surface area contributed by atoms with Gasteiger partial charge in [-0.2, -0.15) is 0 Å². The van der Waals surface area contributed by atoms with E-state index in [1.807, 2.05) is 13.8 Å². The van der Waals surface area contributed by atoms with Crippen molar-refractivity contribution in [3.05, 3.63) is 16.2 Å². The van der Waals surface area contributed by atoms with Gasteiger partial charge in [0, 0.05) is 18.7 Å². The van der Waals surface area contributed by atoms with E-state index in [4.69, 9.17) is 0 Å². The lowest BCUT2D eigenvalue weighted by Crippen LogP contribution is -2.33. The molecule has 0 bridgehead atoms. The number of hydrogen-bond acceptors (Lipinski definition) is 6. The molecule has 118 valence electrons. The van der Waals surface area contributed by atoms with Crippen molar-refractivity contribution in [2.45, 2.75) is 43.4 Å². The van der Waals surface area contributed by atoms with E-state index in [1.54, 1.807) is 0 Å². The van der Waals surface area contributed by atoms with E-state index in [2.05, 4.69) is 10.0 Å². The van der Waals surface area contributed by atoms with Gasteiger partial charge < -0.3 is 5.32 Å². The molecule has 1 aromatic heterocycles. The monoisotopic (exact) mass is 333 g/mol. The number of nitrogens with zero attached hydrogens (tertiary/aromatic N) is 1. The molecular weight excluding hydrogens is 314 g/mol. The Morgan fingerprint density at radius 2 is 2.19 bits per heavy atom. The summed E-state index contributed by atoms with van der Waals surface area (Å²) in [5.41, 5.74) is -0.187. The second kappa shape index (κ2) is 6.29. The van der Waals surface area contributed by atoms with E-state index < -0.39 is 14.9 Å². The van der Waals surface area contributed by atoms with Crippen molar-refractivity contribution in [2.24, 2.45) is 5.92 Å². The van der Waals surface area contributed by atoms with Crippen molar-refractivity contribution in [3.8, 4) is 0 Å². The minimum absolute atomic E-state index is 0.0136. The summed E-state index contributed by atoms with van der Waals surface area (Å²) in [5.74, 6) is 0.382. The van der Waals surface area contributed by atoms with Crippen molar-refractivity contribution in [1.29, 1.82) is 0 Å². The summed E-state index contributed by atoms with van der Waals surface area (Å²) >= 11 is 0.906. The fraction of sp³-hybridized carbons (Fsp3) is 0.667. The second-order valence-corrected chi connectivity index (χ2v) is 8.20. The summed E-state index contributed by atoms with van der Waals surface area (Å²) in [7, 11) is -3.70. The Bertz CT molecular complexity index is 622. The Hall–Kier alpha value is -1.19. The maximum atomic E-state index is 12.3. The molecule has 1 aliphatic carbocycles. The van der Waals surface area contributed by atoms with Crippen molar-refractivity contribution in [2.75, 3.05) is 11.9 Å². The normalized spacial score (nSPS) is 16.7. The van der Waals surface area contributed by atoms with Crippen molar-refractivity contribution < 1.29 is 13.3 Å². The molecule has 2 rings (SSSR count). The number of hydrogen-bond donors (Lipinski definition) is 2. The van der Waals surface area contributed by atoms with Gasteiger partial charge in [0.05, 0.1) is 4.92 Å². The maximum absolute atomic E-state index is 12.3. The molecule has 0 radical (unpaired) electrons. The average Bonchev–Trinajstić information content (AvgIpc) is 3.15. The summed E-state index contributed by atoms with van der Waals surface area (Å²) < 4.78 is 27.2. The predicted molar refractivity (Wildman–Crippen MR) is 82.3 cm³/mol. The van der Waals surface area contributed by atoms with E-state index in [9.17, 15) is 18.5 Å². The van der Waals surface area contributed by atoms with Crippen LogP contribution in [-0.4, -0.2) is 25.9 Å². The van der Waals surface area contributed by atoms with Crippen LogP contribution < -0.4 is 10.0 Å². The molecule has 1 saturated carbocycles. The molecule has 0 aromatic carbocycles.